The minimum absolute atomic E-state index is 0.359. The number of aromatic nitrogens is 2. The van der Waals surface area contributed by atoms with E-state index in [1.807, 2.05) is 12.4 Å². The van der Waals surface area contributed by atoms with Crippen LogP contribution in [0.25, 0.3) is 0 Å². The van der Waals surface area contributed by atoms with Crippen LogP contribution >= 0.6 is 0 Å². The summed E-state index contributed by atoms with van der Waals surface area (Å²) in [7, 11) is 0. The average molecular weight is 163 g/mol. The van der Waals surface area contributed by atoms with Crippen LogP contribution in [0.1, 0.15) is 31.7 Å². The number of anilines is 1. The highest BCUT2D eigenvalue weighted by Crippen LogP contribution is 2.58. The summed E-state index contributed by atoms with van der Waals surface area (Å²) < 4.78 is 0. The summed E-state index contributed by atoms with van der Waals surface area (Å²) in [6, 6.07) is 0. The maximum Gasteiger partial charge on any atom is 0.219 e. The van der Waals surface area contributed by atoms with E-state index in [1.54, 1.807) is 0 Å². The van der Waals surface area contributed by atoms with Crippen LogP contribution in [0.2, 0.25) is 0 Å². The van der Waals surface area contributed by atoms with Crippen molar-refractivity contribution in [1.82, 2.24) is 9.97 Å². The van der Waals surface area contributed by atoms with Gasteiger partial charge in [-0.2, -0.15) is 0 Å². The van der Waals surface area contributed by atoms with E-state index in [0.29, 0.717) is 17.3 Å². The van der Waals surface area contributed by atoms with Gasteiger partial charge in [0, 0.05) is 12.4 Å². The van der Waals surface area contributed by atoms with Crippen LogP contribution in [0.5, 0.6) is 0 Å². The zero-order valence-corrected chi connectivity index (χ0v) is 7.41. The van der Waals surface area contributed by atoms with Crippen molar-refractivity contribution >= 4 is 5.95 Å². The second-order valence-corrected chi connectivity index (χ2v) is 4.12. The minimum atomic E-state index is 0.359. The number of nitrogens with zero attached hydrogens (tertiary/aromatic N) is 2. The van der Waals surface area contributed by atoms with Crippen molar-refractivity contribution in [2.24, 2.45) is 5.41 Å². The summed E-state index contributed by atoms with van der Waals surface area (Å²) in [4.78, 5) is 7.95. The van der Waals surface area contributed by atoms with Crippen molar-refractivity contribution in [3.05, 3.63) is 18.0 Å². The van der Waals surface area contributed by atoms with E-state index >= 15 is 0 Å². The molecular formula is C9H13N3. The highest BCUT2D eigenvalue weighted by molar-refractivity contribution is 5.26. The van der Waals surface area contributed by atoms with Gasteiger partial charge in [0.05, 0.1) is 0 Å². The lowest BCUT2D eigenvalue weighted by Crippen LogP contribution is -1.96. The molecule has 2 N–H and O–H groups in total. The Kier molecular flexibility index (Phi) is 1.37. The Morgan fingerprint density at radius 1 is 1.42 bits per heavy atom. The van der Waals surface area contributed by atoms with E-state index in [9.17, 15) is 0 Å². The summed E-state index contributed by atoms with van der Waals surface area (Å²) >= 11 is 0. The van der Waals surface area contributed by atoms with Crippen LogP contribution in [-0.4, -0.2) is 9.97 Å². The molecule has 0 bridgehead atoms. The molecule has 0 saturated heterocycles. The second kappa shape index (κ2) is 2.19. The fraction of sp³-hybridized carbons (Fsp3) is 0.556. The Balaban J connectivity index is 2.21. The molecular weight excluding hydrogens is 150 g/mol. The monoisotopic (exact) mass is 163 g/mol. The molecule has 0 amide bonds. The van der Waals surface area contributed by atoms with Gasteiger partial charge in [0.15, 0.2) is 0 Å². The van der Waals surface area contributed by atoms with E-state index < -0.39 is 0 Å². The molecule has 1 heterocycles. The maximum atomic E-state index is 5.39. The summed E-state index contributed by atoms with van der Waals surface area (Å²) in [5.41, 5.74) is 7.05. The predicted octanol–water partition coefficient (Wildman–Crippen LogP) is 1.57. The van der Waals surface area contributed by atoms with Crippen molar-refractivity contribution in [2.45, 2.75) is 26.2 Å². The quantitative estimate of drug-likeness (QED) is 0.683. The number of rotatable bonds is 1. The van der Waals surface area contributed by atoms with Gasteiger partial charge >= 0.3 is 0 Å². The number of hydrogen-bond acceptors (Lipinski definition) is 3. The normalized spacial score (nSPS) is 25.3. The van der Waals surface area contributed by atoms with E-state index in [-0.39, 0.29) is 0 Å². The van der Waals surface area contributed by atoms with Gasteiger partial charge in [0.25, 0.3) is 0 Å². The van der Waals surface area contributed by atoms with Gasteiger partial charge in [0.1, 0.15) is 0 Å². The third-order valence-corrected chi connectivity index (χ3v) is 2.61. The van der Waals surface area contributed by atoms with Gasteiger partial charge in [-0.1, -0.05) is 13.8 Å². The molecule has 64 valence electrons. The van der Waals surface area contributed by atoms with E-state index in [0.717, 1.165) is 0 Å². The maximum absolute atomic E-state index is 5.39. The number of nitrogen functional groups attached to an aromatic ring is 1. The van der Waals surface area contributed by atoms with Crippen LogP contribution in [-0.2, 0) is 0 Å². The predicted molar refractivity (Wildman–Crippen MR) is 47.6 cm³/mol. The molecule has 1 fully saturated rings. The lowest BCUT2D eigenvalue weighted by molar-refractivity contribution is 0.620. The van der Waals surface area contributed by atoms with Gasteiger partial charge in [-0.05, 0) is 23.3 Å². The molecule has 0 aromatic carbocycles. The molecule has 1 atom stereocenters. The van der Waals surface area contributed by atoms with E-state index in [2.05, 4.69) is 23.8 Å². The fourth-order valence-corrected chi connectivity index (χ4v) is 1.56. The summed E-state index contributed by atoms with van der Waals surface area (Å²) in [6.45, 7) is 4.52. The molecule has 3 nitrogen and oxygen atoms in total. The molecule has 0 radical (unpaired) electrons. The molecule has 1 aromatic rings. The van der Waals surface area contributed by atoms with Gasteiger partial charge < -0.3 is 5.73 Å². The highest BCUT2D eigenvalue weighted by atomic mass is 15.0. The summed E-state index contributed by atoms with van der Waals surface area (Å²) in [5.74, 6) is 0.996. The lowest BCUT2D eigenvalue weighted by Gasteiger charge is -2.01. The Morgan fingerprint density at radius 3 is 2.33 bits per heavy atom. The fourth-order valence-electron chi connectivity index (χ4n) is 1.56. The standard InChI is InChI=1S/C9H13N3/c1-9(2)3-7(9)6-4-11-8(10)12-5-6/h4-5,7H,3H2,1-2H3,(H2,10,11,12). The molecule has 1 aromatic heterocycles. The molecule has 3 heteroatoms. The Labute approximate surface area is 72.0 Å². The first-order chi connectivity index (χ1) is 5.59. The van der Waals surface area contributed by atoms with Gasteiger partial charge in [0.2, 0.25) is 5.95 Å². The van der Waals surface area contributed by atoms with Gasteiger partial charge in [-0.25, -0.2) is 9.97 Å². The largest absolute Gasteiger partial charge is 0.368 e. The molecule has 12 heavy (non-hydrogen) atoms. The Bertz CT molecular complexity index is 289. The number of nitrogens with two attached hydrogens (primary N) is 1. The first-order valence-corrected chi connectivity index (χ1v) is 4.17. The second-order valence-electron chi connectivity index (χ2n) is 4.12. The van der Waals surface area contributed by atoms with Crippen molar-refractivity contribution < 1.29 is 0 Å². The van der Waals surface area contributed by atoms with E-state index in [1.165, 1.54) is 12.0 Å². The first kappa shape index (κ1) is 7.53. The van der Waals surface area contributed by atoms with Gasteiger partial charge in [-0.3, -0.25) is 0 Å². The molecule has 1 aliphatic rings. The molecule has 1 saturated carbocycles. The third kappa shape index (κ3) is 1.15. The average Bonchev–Trinajstić information content (AvgIpc) is 2.61. The molecule has 0 spiro atoms. The molecule has 1 aliphatic carbocycles. The lowest BCUT2D eigenvalue weighted by atomic mass is 10.1. The minimum Gasteiger partial charge on any atom is -0.368 e. The van der Waals surface area contributed by atoms with Crippen molar-refractivity contribution in [3.63, 3.8) is 0 Å². The summed E-state index contributed by atoms with van der Waals surface area (Å²) in [6.07, 6.45) is 4.91. The van der Waals surface area contributed by atoms with E-state index in [4.69, 9.17) is 5.73 Å². The van der Waals surface area contributed by atoms with Gasteiger partial charge in [-0.15, -0.1) is 0 Å². The van der Waals surface area contributed by atoms with Crippen molar-refractivity contribution in [2.75, 3.05) is 5.73 Å². The third-order valence-electron chi connectivity index (χ3n) is 2.61. The molecule has 2 rings (SSSR count). The highest BCUT2D eigenvalue weighted by Gasteiger charge is 2.46. The first-order valence-electron chi connectivity index (χ1n) is 4.17. The van der Waals surface area contributed by atoms with Crippen molar-refractivity contribution in [1.29, 1.82) is 0 Å². The van der Waals surface area contributed by atoms with Crippen LogP contribution in [0.4, 0.5) is 5.95 Å². The van der Waals surface area contributed by atoms with Crippen LogP contribution in [0, 0.1) is 5.41 Å². The molecule has 0 aliphatic heterocycles. The SMILES string of the molecule is CC1(C)CC1c1cnc(N)nc1. The molecule has 1 unspecified atom stereocenters. The summed E-state index contributed by atoms with van der Waals surface area (Å²) in [5, 5.41) is 0. The smallest absolute Gasteiger partial charge is 0.219 e. The van der Waals surface area contributed by atoms with Crippen LogP contribution < -0.4 is 5.73 Å². The zero-order chi connectivity index (χ0) is 8.77. The van der Waals surface area contributed by atoms with Crippen LogP contribution in [0.15, 0.2) is 12.4 Å². The number of hydrogen-bond donors (Lipinski definition) is 1. The Hall–Kier alpha value is -1.12. The topological polar surface area (TPSA) is 51.8 Å². The van der Waals surface area contributed by atoms with Crippen LogP contribution in [0.3, 0.4) is 0 Å². The zero-order valence-electron chi connectivity index (χ0n) is 7.41. The Morgan fingerprint density at radius 2 is 1.92 bits per heavy atom. The van der Waals surface area contributed by atoms with Crippen molar-refractivity contribution in [3.8, 4) is 0 Å².